The zero-order valence-electron chi connectivity index (χ0n) is 14.7. The summed E-state index contributed by atoms with van der Waals surface area (Å²) in [6, 6.07) is 5.22. The number of amides is 1. The minimum atomic E-state index is -3.20. The van der Waals surface area contributed by atoms with Crippen molar-refractivity contribution in [2.24, 2.45) is 5.92 Å². The summed E-state index contributed by atoms with van der Waals surface area (Å²) in [7, 11) is -3.20. The van der Waals surface area contributed by atoms with Crippen molar-refractivity contribution in [3.8, 4) is 5.75 Å². The Bertz CT molecular complexity index is 715. The molecule has 1 heterocycles. The Morgan fingerprint density at radius 2 is 1.83 bits per heavy atom. The fourth-order valence-corrected chi connectivity index (χ4v) is 3.66. The molecule has 0 unspecified atom stereocenters. The van der Waals surface area contributed by atoms with E-state index < -0.39 is 10.0 Å². The van der Waals surface area contributed by atoms with Gasteiger partial charge in [0, 0.05) is 19.0 Å². The molecule has 24 heavy (non-hydrogen) atoms. The molecule has 1 saturated heterocycles. The summed E-state index contributed by atoms with van der Waals surface area (Å²) in [6.07, 6.45) is 2.15. The van der Waals surface area contributed by atoms with Gasteiger partial charge in [0.15, 0.2) is 0 Å². The van der Waals surface area contributed by atoms with E-state index in [1.165, 1.54) is 10.6 Å². The lowest BCUT2D eigenvalue weighted by molar-refractivity contribution is -0.120. The molecule has 1 aromatic carbocycles. The van der Waals surface area contributed by atoms with E-state index in [-0.39, 0.29) is 23.0 Å². The van der Waals surface area contributed by atoms with Crippen LogP contribution in [0.3, 0.4) is 0 Å². The van der Waals surface area contributed by atoms with Crippen LogP contribution in [0, 0.1) is 5.92 Å². The van der Waals surface area contributed by atoms with Gasteiger partial charge in [-0.2, -0.15) is 0 Å². The third-order valence-electron chi connectivity index (χ3n) is 4.41. The van der Waals surface area contributed by atoms with Crippen molar-refractivity contribution in [2.75, 3.05) is 24.7 Å². The average Bonchev–Trinajstić information content (AvgIpc) is 2.47. The third kappa shape index (κ3) is 4.48. The highest BCUT2D eigenvalue weighted by molar-refractivity contribution is 7.88. The van der Waals surface area contributed by atoms with Crippen LogP contribution in [0.4, 0.5) is 5.69 Å². The van der Waals surface area contributed by atoms with Gasteiger partial charge in [-0.15, -0.1) is 0 Å². The SMILES string of the molecule is CC(C)(C)c1ccc(O)c(NC(=O)C2CCN(S(C)(=O)=O)CC2)c1. The van der Waals surface area contributed by atoms with Crippen LogP contribution in [-0.2, 0) is 20.2 Å². The second-order valence-corrected chi connectivity index (χ2v) is 9.39. The summed E-state index contributed by atoms with van der Waals surface area (Å²) in [5, 5.41) is 12.8. The van der Waals surface area contributed by atoms with E-state index in [2.05, 4.69) is 26.1 Å². The van der Waals surface area contributed by atoms with E-state index >= 15 is 0 Å². The number of hydrogen-bond donors (Lipinski definition) is 2. The van der Waals surface area contributed by atoms with Crippen LogP contribution in [-0.4, -0.2) is 43.1 Å². The molecule has 0 atom stereocenters. The Hall–Kier alpha value is -1.60. The van der Waals surface area contributed by atoms with E-state index in [1.807, 2.05) is 6.07 Å². The number of aromatic hydroxyl groups is 1. The first kappa shape index (κ1) is 18.7. The van der Waals surface area contributed by atoms with Gasteiger partial charge in [-0.1, -0.05) is 26.8 Å². The van der Waals surface area contributed by atoms with E-state index in [1.54, 1.807) is 12.1 Å². The number of carbonyl (C=O) groups is 1. The maximum Gasteiger partial charge on any atom is 0.227 e. The second-order valence-electron chi connectivity index (χ2n) is 7.41. The van der Waals surface area contributed by atoms with Crippen molar-refractivity contribution in [1.82, 2.24) is 4.31 Å². The third-order valence-corrected chi connectivity index (χ3v) is 5.72. The van der Waals surface area contributed by atoms with Crippen molar-refractivity contribution < 1.29 is 18.3 Å². The number of sulfonamides is 1. The van der Waals surface area contributed by atoms with Gasteiger partial charge in [-0.3, -0.25) is 4.79 Å². The van der Waals surface area contributed by atoms with Gasteiger partial charge in [0.25, 0.3) is 0 Å². The minimum Gasteiger partial charge on any atom is -0.506 e. The zero-order valence-corrected chi connectivity index (χ0v) is 15.5. The lowest BCUT2D eigenvalue weighted by Gasteiger charge is -2.29. The molecule has 0 aliphatic carbocycles. The summed E-state index contributed by atoms with van der Waals surface area (Å²) in [5.74, 6) is -0.393. The Morgan fingerprint density at radius 1 is 1.25 bits per heavy atom. The molecule has 0 bridgehead atoms. The zero-order chi connectivity index (χ0) is 18.1. The average molecular weight is 354 g/mol. The van der Waals surface area contributed by atoms with Crippen molar-refractivity contribution in [3.05, 3.63) is 23.8 Å². The quantitative estimate of drug-likeness (QED) is 0.816. The molecule has 1 aliphatic rings. The molecule has 0 saturated carbocycles. The largest absolute Gasteiger partial charge is 0.506 e. The second kappa shape index (κ2) is 6.72. The van der Waals surface area contributed by atoms with Gasteiger partial charge < -0.3 is 10.4 Å². The van der Waals surface area contributed by atoms with Gasteiger partial charge in [-0.05, 0) is 36.0 Å². The highest BCUT2D eigenvalue weighted by Gasteiger charge is 2.29. The summed E-state index contributed by atoms with van der Waals surface area (Å²) in [5.41, 5.74) is 1.33. The molecule has 134 valence electrons. The van der Waals surface area contributed by atoms with Crippen molar-refractivity contribution in [2.45, 2.75) is 39.0 Å². The van der Waals surface area contributed by atoms with Gasteiger partial charge in [-0.25, -0.2) is 12.7 Å². The summed E-state index contributed by atoms with van der Waals surface area (Å²) < 4.78 is 24.4. The summed E-state index contributed by atoms with van der Waals surface area (Å²) >= 11 is 0. The lowest BCUT2D eigenvalue weighted by atomic mass is 9.86. The molecule has 0 aromatic heterocycles. The van der Waals surface area contributed by atoms with E-state index in [9.17, 15) is 18.3 Å². The molecule has 0 radical (unpaired) electrons. The number of piperidine rings is 1. The van der Waals surface area contributed by atoms with Crippen molar-refractivity contribution in [3.63, 3.8) is 0 Å². The maximum atomic E-state index is 12.4. The van der Waals surface area contributed by atoms with Crippen LogP contribution in [0.2, 0.25) is 0 Å². The Balaban J connectivity index is 2.06. The molecule has 1 aliphatic heterocycles. The van der Waals surface area contributed by atoms with Crippen LogP contribution >= 0.6 is 0 Å². The number of carbonyl (C=O) groups excluding carboxylic acids is 1. The molecule has 2 N–H and O–H groups in total. The van der Waals surface area contributed by atoms with E-state index in [4.69, 9.17) is 0 Å². The number of hydrogen-bond acceptors (Lipinski definition) is 4. The van der Waals surface area contributed by atoms with Crippen LogP contribution < -0.4 is 5.32 Å². The minimum absolute atomic E-state index is 0.0323. The molecular weight excluding hydrogens is 328 g/mol. The number of nitrogens with one attached hydrogen (secondary N) is 1. The lowest BCUT2D eigenvalue weighted by Crippen LogP contribution is -2.40. The number of anilines is 1. The van der Waals surface area contributed by atoms with Crippen molar-refractivity contribution in [1.29, 1.82) is 0 Å². The predicted octanol–water partition coefficient (Wildman–Crippen LogP) is 2.30. The number of phenols is 1. The van der Waals surface area contributed by atoms with Gasteiger partial charge in [0.1, 0.15) is 5.75 Å². The number of phenolic OH excluding ortho intramolecular Hbond substituents is 1. The molecular formula is C17H26N2O4S. The van der Waals surface area contributed by atoms with Gasteiger partial charge in [0.2, 0.25) is 15.9 Å². The number of nitrogens with zero attached hydrogens (tertiary/aromatic N) is 1. The Labute approximate surface area is 143 Å². The normalized spacial score (nSPS) is 17.7. The molecule has 1 fully saturated rings. The first-order chi connectivity index (χ1) is 11.0. The van der Waals surface area contributed by atoms with Crippen LogP contribution in [0.5, 0.6) is 5.75 Å². The molecule has 0 spiro atoms. The number of rotatable bonds is 3. The van der Waals surface area contributed by atoms with Gasteiger partial charge >= 0.3 is 0 Å². The fraction of sp³-hybridized carbons (Fsp3) is 0.588. The smallest absolute Gasteiger partial charge is 0.227 e. The Kier molecular flexibility index (Phi) is 5.25. The van der Waals surface area contributed by atoms with Crippen molar-refractivity contribution >= 4 is 21.6 Å². The predicted molar refractivity (Wildman–Crippen MR) is 94.6 cm³/mol. The van der Waals surface area contributed by atoms with E-state index in [0.717, 1.165) is 5.56 Å². The standard InChI is InChI=1S/C17H26N2O4S/c1-17(2,3)13-5-6-15(20)14(11-13)18-16(21)12-7-9-19(10-8-12)24(4,22)23/h5-6,11-12,20H,7-10H2,1-4H3,(H,18,21). The molecule has 2 rings (SSSR count). The van der Waals surface area contributed by atoms with Crippen LogP contribution in [0.25, 0.3) is 0 Å². The molecule has 1 aromatic rings. The monoisotopic (exact) mass is 354 g/mol. The Morgan fingerprint density at radius 3 is 2.33 bits per heavy atom. The topological polar surface area (TPSA) is 86.7 Å². The highest BCUT2D eigenvalue weighted by atomic mass is 32.2. The fourth-order valence-electron chi connectivity index (χ4n) is 2.79. The molecule has 7 heteroatoms. The first-order valence-corrected chi connectivity index (χ1v) is 9.93. The first-order valence-electron chi connectivity index (χ1n) is 8.08. The summed E-state index contributed by atoms with van der Waals surface area (Å²) in [4.78, 5) is 12.4. The summed E-state index contributed by atoms with van der Waals surface area (Å²) in [6.45, 7) is 6.89. The number of benzene rings is 1. The molecule has 6 nitrogen and oxygen atoms in total. The van der Waals surface area contributed by atoms with E-state index in [0.29, 0.717) is 31.6 Å². The van der Waals surface area contributed by atoms with Crippen LogP contribution in [0.1, 0.15) is 39.2 Å². The van der Waals surface area contributed by atoms with Crippen LogP contribution in [0.15, 0.2) is 18.2 Å². The van der Waals surface area contributed by atoms with Gasteiger partial charge in [0.05, 0.1) is 11.9 Å². The maximum absolute atomic E-state index is 12.4. The molecule has 1 amide bonds. The highest BCUT2D eigenvalue weighted by Crippen LogP contribution is 2.31.